The van der Waals surface area contributed by atoms with Gasteiger partial charge < -0.3 is 4.74 Å². The van der Waals surface area contributed by atoms with Gasteiger partial charge in [0.2, 0.25) is 11.8 Å². The molecule has 2 aromatic carbocycles. The Hall–Kier alpha value is -2.87. The summed E-state index contributed by atoms with van der Waals surface area (Å²) in [4.78, 5) is 24.6. The average Bonchev–Trinajstić information content (AvgIpc) is 2.93. The highest BCUT2D eigenvalue weighted by atomic mass is 32.2. The molecule has 26 heavy (non-hydrogen) atoms. The summed E-state index contributed by atoms with van der Waals surface area (Å²) in [7, 11) is -2.39. The quantitative estimate of drug-likeness (QED) is 0.812. The van der Waals surface area contributed by atoms with Gasteiger partial charge in [0, 0.05) is 12.8 Å². The van der Waals surface area contributed by atoms with Crippen molar-refractivity contribution in [2.75, 3.05) is 16.7 Å². The normalized spacial score (nSPS) is 14.6. The van der Waals surface area contributed by atoms with Gasteiger partial charge in [-0.25, -0.2) is 8.42 Å². The molecule has 8 heteroatoms. The number of sulfonamides is 1. The third kappa shape index (κ3) is 3.41. The zero-order valence-corrected chi connectivity index (χ0v) is 15.2. The number of nitrogens with one attached hydrogen (secondary N) is 1. The highest BCUT2D eigenvalue weighted by molar-refractivity contribution is 7.92. The van der Waals surface area contributed by atoms with Crippen LogP contribution in [-0.4, -0.2) is 27.3 Å². The number of anilines is 2. The van der Waals surface area contributed by atoms with Crippen LogP contribution in [0.1, 0.15) is 18.4 Å². The number of carbonyl (C=O) groups is 2. The van der Waals surface area contributed by atoms with Gasteiger partial charge in [0.15, 0.2) is 0 Å². The molecule has 1 aliphatic heterocycles. The first-order valence-corrected chi connectivity index (χ1v) is 9.43. The number of rotatable bonds is 5. The van der Waals surface area contributed by atoms with Gasteiger partial charge in [0.25, 0.3) is 10.0 Å². The number of hydrogen-bond acceptors (Lipinski definition) is 5. The number of carbonyl (C=O) groups excluding carboxylic acids is 2. The third-order valence-electron chi connectivity index (χ3n) is 4.06. The van der Waals surface area contributed by atoms with Crippen LogP contribution in [0, 0.1) is 6.92 Å². The first-order valence-electron chi connectivity index (χ1n) is 7.95. The fourth-order valence-corrected chi connectivity index (χ4v) is 3.81. The summed E-state index contributed by atoms with van der Waals surface area (Å²) in [6.07, 6.45) is 0.348. The lowest BCUT2D eigenvalue weighted by molar-refractivity contribution is -0.121. The lowest BCUT2D eigenvalue weighted by Crippen LogP contribution is -2.28. The molecular formula is C18H18N2O5S. The first-order chi connectivity index (χ1) is 12.3. The summed E-state index contributed by atoms with van der Waals surface area (Å²) in [6.45, 7) is 1.84. The van der Waals surface area contributed by atoms with E-state index in [2.05, 4.69) is 4.72 Å². The van der Waals surface area contributed by atoms with Crippen LogP contribution in [0.4, 0.5) is 11.4 Å². The molecule has 0 bridgehead atoms. The molecule has 0 unspecified atom stereocenters. The summed E-state index contributed by atoms with van der Waals surface area (Å²) in [5, 5.41) is 0. The summed E-state index contributed by atoms with van der Waals surface area (Å²) in [5.41, 5.74) is 1.58. The third-order valence-corrected chi connectivity index (χ3v) is 5.44. The highest BCUT2D eigenvalue weighted by Gasteiger charge is 2.30. The van der Waals surface area contributed by atoms with E-state index in [1.165, 1.54) is 31.4 Å². The molecule has 136 valence electrons. The molecule has 1 saturated heterocycles. The van der Waals surface area contributed by atoms with E-state index in [4.69, 9.17) is 4.74 Å². The minimum absolute atomic E-state index is 0.0175. The summed E-state index contributed by atoms with van der Waals surface area (Å²) in [5.74, 6) is -0.162. The molecule has 1 aliphatic rings. The van der Waals surface area contributed by atoms with Crippen molar-refractivity contribution in [1.82, 2.24) is 0 Å². The van der Waals surface area contributed by atoms with E-state index >= 15 is 0 Å². The molecule has 2 amide bonds. The van der Waals surface area contributed by atoms with E-state index in [0.717, 1.165) is 10.5 Å². The Balaban J connectivity index is 1.88. The Labute approximate surface area is 151 Å². The maximum Gasteiger partial charge on any atom is 0.262 e. The minimum Gasteiger partial charge on any atom is -0.495 e. The zero-order valence-electron chi connectivity index (χ0n) is 14.4. The number of aryl methyl sites for hydroxylation is 1. The van der Waals surface area contributed by atoms with Gasteiger partial charge >= 0.3 is 0 Å². The van der Waals surface area contributed by atoms with Crippen LogP contribution in [0.3, 0.4) is 0 Å². The van der Waals surface area contributed by atoms with Crippen LogP contribution in [0.2, 0.25) is 0 Å². The van der Waals surface area contributed by atoms with Gasteiger partial charge in [-0.3, -0.25) is 19.2 Å². The van der Waals surface area contributed by atoms with E-state index in [1.807, 2.05) is 13.0 Å². The second-order valence-corrected chi connectivity index (χ2v) is 7.61. The van der Waals surface area contributed by atoms with Gasteiger partial charge in [0.1, 0.15) is 5.75 Å². The van der Waals surface area contributed by atoms with Gasteiger partial charge in [-0.05, 0) is 48.9 Å². The van der Waals surface area contributed by atoms with Gasteiger partial charge in [-0.2, -0.15) is 0 Å². The maximum absolute atomic E-state index is 12.6. The number of nitrogens with zero attached hydrogens (tertiary/aromatic N) is 1. The van der Waals surface area contributed by atoms with E-state index in [1.54, 1.807) is 12.1 Å². The van der Waals surface area contributed by atoms with Crippen LogP contribution < -0.4 is 14.4 Å². The van der Waals surface area contributed by atoms with E-state index in [9.17, 15) is 18.0 Å². The first kappa shape index (κ1) is 17.9. The van der Waals surface area contributed by atoms with Gasteiger partial charge in [-0.1, -0.05) is 6.07 Å². The van der Waals surface area contributed by atoms with Gasteiger partial charge in [-0.15, -0.1) is 0 Å². The second kappa shape index (κ2) is 6.80. The van der Waals surface area contributed by atoms with Crippen molar-refractivity contribution in [2.24, 2.45) is 0 Å². The van der Waals surface area contributed by atoms with Gasteiger partial charge in [0.05, 0.1) is 23.4 Å². The predicted octanol–water partition coefficient (Wildman–Crippen LogP) is 2.46. The Kier molecular flexibility index (Phi) is 4.69. The van der Waals surface area contributed by atoms with Crippen LogP contribution in [-0.2, 0) is 19.6 Å². The van der Waals surface area contributed by atoms with E-state index in [0.29, 0.717) is 17.1 Å². The molecule has 7 nitrogen and oxygen atoms in total. The average molecular weight is 374 g/mol. The van der Waals surface area contributed by atoms with Crippen LogP contribution >= 0.6 is 0 Å². The lowest BCUT2D eigenvalue weighted by atomic mass is 10.2. The maximum atomic E-state index is 12.6. The molecule has 2 aromatic rings. The molecule has 0 aliphatic carbocycles. The Morgan fingerprint density at radius 2 is 1.62 bits per heavy atom. The molecule has 0 aromatic heterocycles. The number of amides is 2. The van der Waals surface area contributed by atoms with Crippen molar-refractivity contribution < 1.29 is 22.7 Å². The Bertz CT molecular complexity index is 952. The molecule has 1 fully saturated rings. The number of ether oxygens (including phenoxy) is 1. The highest BCUT2D eigenvalue weighted by Crippen LogP contribution is 2.29. The molecule has 1 heterocycles. The Morgan fingerprint density at radius 1 is 1.00 bits per heavy atom. The zero-order chi connectivity index (χ0) is 18.9. The molecular weight excluding hydrogens is 356 g/mol. The number of benzene rings is 2. The minimum atomic E-state index is -3.85. The van der Waals surface area contributed by atoms with Crippen molar-refractivity contribution in [3.8, 4) is 5.75 Å². The lowest BCUT2D eigenvalue weighted by Gasteiger charge is -2.15. The largest absolute Gasteiger partial charge is 0.495 e. The van der Waals surface area contributed by atoms with Crippen molar-refractivity contribution in [3.63, 3.8) is 0 Å². The number of imide groups is 1. The Morgan fingerprint density at radius 3 is 2.19 bits per heavy atom. The molecule has 0 spiro atoms. The fourth-order valence-electron chi connectivity index (χ4n) is 2.74. The molecule has 0 saturated carbocycles. The van der Waals surface area contributed by atoms with E-state index < -0.39 is 10.0 Å². The van der Waals surface area contributed by atoms with Crippen molar-refractivity contribution >= 4 is 33.2 Å². The SMILES string of the molecule is COc1ccc(C)cc1NS(=O)(=O)c1ccc(N2C(=O)CCC2=O)cc1. The summed E-state index contributed by atoms with van der Waals surface area (Å²) >= 11 is 0. The summed E-state index contributed by atoms with van der Waals surface area (Å²) < 4.78 is 32.9. The molecule has 0 atom stereocenters. The van der Waals surface area contributed by atoms with Crippen molar-refractivity contribution in [1.29, 1.82) is 0 Å². The smallest absolute Gasteiger partial charge is 0.262 e. The molecule has 1 N–H and O–H groups in total. The topological polar surface area (TPSA) is 92.8 Å². The van der Waals surface area contributed by atoms with Crippen LogP contribution in [0.5, 0.6) is 5.75 Å². The predicted molar refractivity (Wildman–Crippen MR) is 96.7 cm³/mol. The number of hydrogen-bond donors (Lipinski definition) is 1. The van der Waals surface area contributed by atoms with Crippen molar-refractivity contribution in [2.45, 2.75) is 24.7 Å². The van der Waals surface area contributed by atoms with Crippen molar-refractivity contribution in [3.05, 3.63) is 48.0 Å². The van der Waals surface area contributed by atoms with Crippen LogP contribution in [0.25, 0.3) is 0 Å². The fraction of sp³-hybridized carbons (Fsp3) is 0.222. The monoisotopic (exact) mass is 374 g/mol. The van der Waals surface area contributed by atoms with Crippen LogP contribution in [0.15, 0.2) is 47.4 Å². The summed E-state index contributed by atoms with van der Waals surface area (Å²) in [6, 6.07) is 10.8. The molecule has 3 rings (SSSR count). The van der Waals surface area contributed by atoms with E-state index in [-0.39, 0.29) is 29.6 Å². The number of methoxy groups -OCH3 is 1. The molecule has 0 radical (unpaired) electrons. The standard InChI is InChI=1S/C18H18N2O5S/c1-12-3-8-16(25-2)15(11-12)19-26(23,24)14-6-4-13(5-7-14)20-17(21)9-10-18(20)22/h3-8,11,19H,9-10H2,1-2H3. The second-order valence-electron chi connectivity index (χ2n) is 5.93.